The first-order valence-corrected chi connectivity index (χ1v) is 40.4. The summed E-state index contributed by atoms with van der Waals surface area (Å²) in [5, 5.41) is 23.3. The smallest absolute Gasteiger partial charge is 0.305 e. The van der Waals surface area contributed by atoms with E-state index in [1.54, 1.807) is 6.08 Å². The SMILES string of the molecule is CCCCC/C=C\C/C=C\CCCCCCCCCCCC(=O)OCCCCCCCCCCCCCC/C=C\CCCCCCCCCCCCCCC(=O)NC(CO)C(O)/C=C/CCCCCCCCCCCCCCCCCCCCCCCCC. The molecule has 0 aliphatic heterocycles. The van der Waals surface area contributed by atoms with E-state index in [4.69, 9.17) is 4.74 Å². The van der Waals surface area contributed by atoms with Gasteiger partial charge in [0, 0.05) is 12.8 Å². The Morgan fingerprint density at radius 3 is 0.888 bits per heavy atom. The van der Waals surface area contributed by atoms with Crippen molar-refractivity contribution >= 4 is 11.9 Å². The molecule has 0 aromatic heterocycles. The number of hydrogen-bond acceptors (Lipinski definition) is 5. The summed E-state index contributed by atoms with van der Waals surface area (Å²) in [6, 6.07) is -0.630. The number of aliphatic hydroxyl groups excluding tert-OH is 2. The Balaban J connectivity index is 3.40. The number of ether oxygens (including phenoxy) is 1. The van der Waals surface area contributed by atoms with Gasteiger partial charge in [0.15, 0.2) is 0 Å². The molecule has 0 fully saturated rings. The van der Waals surface area contributed by atoms with Crippen molar-refractivity contribution in [3.05, 3.63) is 48.6 Å². The molecule has 89 heavy (non-hydrogen) atoms. The molecular formula is C83H157NO5. The lowest BCUT2D eigenvalue weighted by Gasteiger charge is -2.20. The van der Waals surface area contributed by atoms with Crippen molar-refractivity contribution in [2.24, 2.45) is 0 Å². The van der Waals surface area contributed by atoms with Gasteiger partial charge in [-0.1, -0.05) is 390 Å². The third-order valence-electron chi connectivity index (χ3n) is 18.8. The highest BCUT2D eigenvalue weighted by Crippen LogP contribution is 2.19. The van der Waals surface area contributed by atoms with Crippen LogP contribution in [-0.2, 0) is 14.3 Å². The van der Waals surface area contributed by atoms with Crippen LogP contribution in [0.1, 0.15) is 444 Å². The van der Waals surface area contributed by atoms with Gasteiger partial charge in [-0.15, -0.1) is 0 Å². The number of unbranched alkanes of at least 4 members (excludes halogenated alkanes) is 59. The summed E-state index contributed by atoms with van der Waals surface area (Å²) in [5.74, 6) is -0.0509. The molecule has 3 N–H and O–H groups in total. The van der Waals surface area contributed by atoms with Gasteiger partial charge in [-0.2, -0.15) is 0 Å². The molecule has 0 bridgehead atoms. The molecule has 6 heteroatoms. The van der Waals surface area contributed by atoms with Crippen molar-refractivity contribution in [2.45, 2.75) is 456 Å². The van der Waals surface area contributed by atoms with E-state index in [0.717, 1.165) is 51.4 Å². The Bertz CT molecular complexity index is 1490. The Kier molecular flexibility index (Phi) is 76.3. The highest BCUT2D eigenvalue weighted by atomic mass is 16.5. The predicted octanol–water partition coefficient (Wildman–Crippen LogP) is 26.8. The van der Waals surface area contributed by atoms with Gasteiger partial charge in [0.05, 0.1) is 25.4 Å². The number of esters is 1. The fraction of sp³-hybridized carbons (Fsp3) is 0.880. The summed E-state index contributed by atoms with van der Waals surface area (Å²) in [6.07, 6.45) is 104. The van der Waals surface area contributed by atoms with Crippen LogP contribution in [0.4, 0.5) is 0 Å². The zero-order valence-electron chi connectivity index (χ0n) is 60.2. The lowest BCUT2D eigenvalue weighted by Crippen LogP contribution is -2.45. The van der Waals surface area contributed by atoms with Gasteiger partial charge in [0.1, 0.15) is 0 Å². The van der Waals surface area contributed by atoms with Gasteiger partial charge in [-0.05, 0) is 89.9 Å². The minimum absolute atomic E-state index is 0.0124. The zero-order valence-corrected chi connectivity index (χ0v) is 60.2. The lowest BCUT2D eigenvalue weighted by molar-refractivity contribution is -0.143. The first kappa shape index (κ1) is 86.8. The molecule has 0 rings (SSSR count). The molecule has 0 saturated heterocycles. The van der Waals surface area contributed by atoms with Crippen molar-refractivity contribution in [1.29, 1.82) is 0 Å². The molecular weight excluding hydrogens is 1090 g/mol. The van der Waals surface area contributed by atoms with Crippen LogP contribution in [0.15, 0.2) is 48.6 Å². The van der Waals surface area contributed by atoms with Crippen molar-refractivity contribution in [2.75, 3.05) is 13.2 Å². The van der Waals surface area contributed by atoms with Crippen LogP contribution < -0.4 is 5.32 Å². The lowest BCUT2D eigenvalue weighted by atomic mass is 10.0. The van der Waals surface area contributed by atoms with Crippen LogP contribution in [0.5, 0.6) is 0 Å². The van der Waals surface area contributed by atoms with E-state index in [1.807, 2.05) is 6.08 Å². The summed E-state index contributed by atoms with van der Waals surface area (Å²) < 4.78 is 5.51. The van der Waals surface area contributed by atoms with Gasteiger partial charge in [-0.25, -0.2) is 0 Å². The van der Waals surface area contributed by atoms with Crippen molar-refractivity contribution in [3.8, 4) is 0 Å². The number of rotatable bonds is 76. The number of aliphatic hydroxyl groups is 2. The maximum absolute atomic E-state index is 12.6. The molecule has 2 atom stereocenters. The van der Waals surface area contributed by atoms with Crippen LogP contribution in [0.3, 0.4) is 0 Å². The highest BCUT2D eigenvalue weighted by molar-refractivity contribution is 5.76. The number of carbonyl (C=O) groups excluding carboxylic acids is 2. The van der Waals surface area contributed by atoms with E-state index in [1.165, 1.54) is 366 Å². The Labute approximate surface area is 556 Å². The van der Waals surface area contributed by atoms with Gasteiger partial charge in [-0.3, -0.25) is 9.59 Å². The second-order valence-electron chi connectivity index (χ2n) is 27.7. The Morgan fingerprint density at radius 1 is 0.315 bits per heavy atom. The molecule has 1 amide bonds. The van der Waals surface area contributed by atoms with Crippen molar-refractivity contribution in [3.63, 3.8) is 0 Å². The largest absolute Gasteiger partial charge is 0.466 e. The summed E-state index contributed by atoms with van der Waals surface area (Å²) in [4.78, 5) is 24.7. The van der Waals surface area contributed by atoms with Crippen LogP contribution >= 0.6 is 0 Å². The van der Waals surface area contributed by atoms with Gasteiger partial charge >= 0.3 is 5.97 Å². The molecule has 0 spiro atoms. The fourth-order valence-corrected chi connectivity index (χ4v) is 12.7. The Morgan fingerprint density at radius 2 is 0.562 bits per heavy atom. The third kappa shape index (κ3) is 74.7. The number of allylic oxidation sites excluding steroid dienone is 7. The third-order valence-corrected chi connectivity index (χ3v) is 18.8. The van der Waals surface area contributed by atoms with Crippen molar-refractivity contribution < 1.29 is 24.5 Å². The van der Waals surface area contributed by atoms with Gasteiger partial charge < -0.3 is 20.3 Å². The number of nitrogens with one attached hydrogen (secondary N) is 1. The maximum atomic E-state index is 12.6. The van der Waals surface area contributed by atoms with E-state index >= 15 is 0 Å². The highest BCUT2D eigenvalue weighted by Gasteiger charge is 2.18. The minimum Gasteiger partial charge on any atom is -0.466 e. The molecule has 0 radical (unpaired) electrons. The molecule has 0 aromatic rings. The average molecular weight is 1250 g/mol. The van der Waals surface area contributed by atoms with Crippen LogP contribution in [0.2, 0.25) is 0 Å². The Hall–Kier alpha value is -2.18. The summed E-state index contributed by atoms with van der Waals surface area (Å²) in [7, 11) is 0. The monoisotopic (exact) mass is 1250 g/mol. The van der Waals surface area contributed by atoms with Crippen LogP contribution in [-0.4, -0.2) is 47.4 Å². The summed E-state index contributed by atoms with van der Waals surface area (Å²) in [6.45, 7) is 4.92. The average Bonchev–Trinajstić information content (AvgIpc) is 3.57. The topological polar surface area (TPSA) is 95.9 Å². The molecule has 0 aliphatic carbocycles. The first-order valence-electron chi connectivity index (χ1n) is 40.4. The second kappa shape index (κ2) is 78.3. The van der Waals surface area contributed by atoms with E-state index in [0.29, 0.717) is 19.4 Å². The van der Waals surface area contributed by atoms with Crippen LogP contribution in [0.25, 0.3) is 0 Å². The molecule has 0 heterocycles. The molecule has 2 unspecified atom stereocenters. The van der Waals surface area contributed by atoms with E-state index in [9.17, 15) is 19.8 Å². The molecule has 0 aliphatic rings. The molecule has 0 saturated carbocycles. The van der Waals surface area contributed by atoms with E-state index in [-0.39, 0.29) is 18.5 Å². The predicted molar refractivity (Wildman–Crippen MR) is 393 cm³/mol. The number of hydrogen-bond donors (Lipinski definition) is 3. The van der Waals surface area contributed by atoms with Gasteiger partial charge in [0.25, 0.3) is 0 Å². The molecule has 524 valence electrons. The van der Waals surface area contributed by atoms with E-state index < -0.39 is 12.1 Å². The standard InChI is InChI=1S/C83H157NO5/c1-3-5-7-9-11-13-15-17-19-21-23-24-25-30-33-36-40-43-47-51-55-59-63-67-71-75-81(86)80(79-85)84-82(87)76-72-68-64-60-56-52-48-44-41-37-34-31-28-26-27-29-32-35-38-42-46-50-54-58-62-66-70-74-78-89-83(88)77-73-69-65-61-57-53-49-45-39-22-20-18-16-14-12-10-8-6-4-2/h12,14,18,20,26-27,71,75,80-81,85-86H,3-11,13,15-17,19,21-25,28-70,72-74,76-79H2,1-2H3,(H,84,87)/b14-12-,20-18-,27-26-,75-71+. The second-order valence-corrected chi connectivity index (χ2v) is 27.7. The van der Waals surface area contributed by atoms with E-state index in [2.05, 4.69) is 55.6 Å². The van der Waals surface area contributed by atoms with Crippen molar-refractivity contribution in [1.82, 2.24) is 5.32 Å². The summed E-state index contributed by atoms with van der Waals surface area (Å²) in [5.41, 5.74) is 0. The van der Waals surface area contributed by atoms with Gasteiger partial charge in [0.2, 0.25) is 5.91 Å². The number of amides is 1. The molecule has 6 nitrogen and oxygen atoms in total. The number of carbonyl (C=O) groups is 2. The minimum atomic E-state index is -0.847. The fourth-order valence-electron chi connectivity index (χ4n) is 12.7. The normalized spacial score (nSPS) is 12.7. The molecule has 0 aromatic carbocycles. The first-order chi connectivity index (χ1) is 44.0. The summed E-state index contributed by atoms with van der Waals surface area (Å²) >= 11 is 0. The maximum Gasteiger partial charge on any atom is 0.305 e. The van der Waals surface area contributed by atoms with Crippen LogP contribution in [0, 0.1) is 0 Å². The quantitative estimate of drug-likeness (QED) is 0.0320. The zero-order chi connectivity index (χ0) is 64.2.